The fourth-order valence-electron chi connectivity index (χ4n) is 2.96. The lowest BCUT2D eigenvalue weighted by Gasteiger charge is -2.34. The van der Waals surface area contributed by atoms with Crippen molar-refractivity contribution >= 4 is 29.0 Å². The van der Waals surface area contributed by atoms with Crippen LogP contribution >= 0.6 is 11.6 Å². The number of ether oxygens (including phenoxy) is 1. The summed E-state index contributed by atoms with van der Waals surface area (Å²) < 4.78 is 5.92. The second-order valence-electron chi connectivity index (χ2n) is 6.18. The number of urea groups is 1. The number of halogens is 1. The molecule has 0 aliphatic carbocycles. The van der Waals surface area contributed by atoms with Crippen molar-refractivity contribution < 1.29 is 9.53 Å². The molecule has 1 aliphatic heterocycles. The number of fused-ring (bicyclic) bond motifs is 1. The number of carbonyl (C=O) groups is 1. The average Bonchev–Trinajstić information content (AvgIpc) is 2.52. The quantitative estimate of drug-likeness (QED) is 0.816. The zero-order valence-corrected chi connectivity index (χ0v) is 14.9. The highest BCUT2D eigenvalue weighted by atomic mass is 35.5. The molecule has 1 aliphatic rings. The van der Waals surface area contributed by atoms with Crippen molar-refractivity contribution in [3.8, 4) is 5.75 Å². The summed E-state index contributed by atoms with van der Waals surface area (Å²) in [6.07, 6.45) is 0.804. The maximum absolute atomic E-state index is 12.8. The SMILES string of the molecule is CC[C@H]1CN(C(=O)Nc2cc(C)cc(C)c2)c2cc(Cl)ccc2O1. The van der Waals surface area contributed by atoms with Crippen molar-refractivity contribution in [3.05, 3.63) is 52.5 Å². The molecule has 2 aromatic carbocycles. The van der Waals surface area contributed by atoms with E-state index in [1.807, 2.05) is 39.0 Å². The Morgan fingerprint density at radius 2 is 1.96 bits per heavy atom. The molecule has 3 rings (SSSR count). The van der Waals surface area contributed by atoms with Crippen LogP contribution in [0.4, 0.5) is 16.2 Å². The van der Waals surface area contributed by atoms with E-state index >= 15 is 0 Å². The molecular weight excluding hydrogens is 324 g/mol. The molecule has 0 unspecified atom stereocenters. The van der Waals surface area contributed by atoms with Gasteiger partial charge >= 0.3 is 6.03 Å². The largest absolute Gasteiger partial charge is 0.486 e. The van der Waals surface area contributed by atoms with Gasteiger partial charge in [0.1, 0.15) is 11.9 Å². The first-order valence-corrected chi connectivity index (χ1v) is 8.47. The second-order valence-corrected chi connectivity index (χ2v) is 6.61. The molecule has 24 heavy (non-hydrogen) atoms. The van der Waals surface area contributed by atoms with Gasteiger partial charge in [-0.15, -0.1) is 0 Å². The first-order chi connectivity index (χ1) is 11.5. The highest BCUT2D eigenvalue weighted by Crippen LogP contribution is 2.36. The van der Waals surface area contributed by atoms with Gasteiger partial charge in [0.15, 0.2) is 0 Å². The highest BCUT2D eigenvalue weighted by Gasteiger charge is 2.29. The van der Waals surface area contributed by atoms with E-state index in [1.54, 1.807) is 17.0 Å². The molecule has 1 atom stereocenters. The van der Waals surface area contributed by atoms with E-state index in [1.165, 1.54) is 0 Å². The molecule has 0 aromatic heterocycles. The van der Waals surface area contributed by atoms with Crippen LogP contribution in [0.1, 0.15) is 24.5 Å². The Balaban J connectivity index is 1.89. The van der Waals surface area contributed by atoms with Crippen LogP contribution in [-0.2, 0) is 0 Å². The maximum Gasteiger partial charge on any atom is 0.326 e. The van der Waals surface area contributed by atoms with Crippen molar-refractivity contribution in [1.82, 2.24) is 0 Å². The average molecular weight is 345 g/mol. The van der Waals surface area contributed by atoms with Gasteiger partial charge in [-0.25, -0.2) is 4.79 Å². The van der Waals surface area contributed by atoms with Gasteiger partial charge in [-0.2, -0.15) is 0 Å². The predicted molar refractivity (Wildman–Crippen MR) is 98.4 cm³/mol. The van der Waals surface area contributed by atoms with E-state index < -0.39 is 0 Å². The Hall–Kier alpha value is -2.20. The highest BCUT2D eigenvalue weighted by molar-refractivity contribution is 6.31. The molecule has 0 bridgehead atoms. The number of rotatable bonds is 2. The smallest absolute Gasteiger partial charge is 0.326 e. The van der Waals surface area contributed by atoms with Crippen molar-refractivity contribution in [2.75, 3.05) is 16.8 Å². The zero-order valence-electron chi connectivity index (χ0n) is 14.1. The lowest BCUT2D eigenvalue weighted by Crippen LogP contribution is -2.45. The van der Waals surface area contributed by atoms with Gasteiger partial charge in [0, 0.05) is 10.7 Å². The molecular formula is C19H21ClN2O2. The molecule has 126 valence electrons. The number of amides is 2. The summed E-state index contributed by atoms with van der Waals surface area (Å²) in [5, 5.41) is 3.57. The van der Waals surface area contributed by atoms with E-state index in [2.05, 4.69) is 11.4 Å². The Kier molecular flexibility index (Phi) is 4.67. The van der Waals surface area contributed by atoms with Crippen LogP contribution in [0.2, 0.25) is 5.02 Å². The molecule has 1 N–H and O–H groups in total. The van der Waals surface area contributed by atoms with Gasteiger partial charge in [0.25, 0.3) is 0 Å². The lowest BCUT2D eigenvalue weighted by atomic mass is 10.1. The van der Waals surface area contributed by atoms with E-state index in [9.17, 15) is 4.79 Å². The van der Waals surface area contributed by atoms with Gasteiger partial charge in [0.2, 0.25) is 0 Å². The molecule has 5 heteroatoms. The number of anilines is 2. The fraction of sp³-hybridized carbons (Fsp3) is 0.316. The molecule has 0 saturated carbocycles. The Morgan fingerprint density at radius 3 is 2.62 bits per heavy atom. The minimum absolute atomic E-state index is 0.0244. The summed E-state index contributed by atoms with van der Waals surface area (Å²) in [7, 11) is 0. The van der Waals surface area contributed by atoms with Crippen molar-refractivity contribution in [1.29, 1.82) is 0 Å². The van der Waals surface area contributed by atoms with Crippen LogP contribution in [0.15, 0.2) is 36.4 Å². The standard InChI is InChI=1S/C19H21ClN2O2/c1-4-16-11-22(17-10-14(20)5-6-18(17)24-16)19(23)21-15-8-12(2)7-13(3)9-15/h5-10,16H,4,11H2,1-3H3,(H,21,23)/t16-/m0/s1. The van der Waals surface area contributed by atoms with Crippen molar-refractivity contribution in [2.45, 2.75) is 33.3 Å². The van der Waals surface area contributed by atoms with Crippen LogP contribution in [0, 0.1) is 13.8 Å². The fourth-order valence-corrected chi connectivity index (χ4v) is 3.13. The van der Waals surface area contributed by atoms with E-state index in [0.29, 0.717) is 23.0 Å². The second kappa shape index (κ2) is 6.73. The van der Waals surface area contributed by atoms with Gasteiger partial charge < -0.3 is 10.1 Å². The van der Waals surface area contributed by atoms with Crippen LogP contribution in [0.25, 0.3) is 0 Å². The Labute approximate surface area is 147 Å². The molecule has 0 saturated heterocycles. The third-order valence-electron chi connectivity index (χ3n) is 4.07. The lowest BCUT2D eigenvalue weighted by molar-refractivity contribution is 0.188. The van der Waals surface area contributed by atoms with Gasteiger partial charge in [-0.1, -0.05) is 24.6 Å². The first kappa shape index (κ1) is 16.7. The molecule has 1 heterocycles. The monoisotopic (exact) mass is 344 g/mol. The molecule has 2 amide bonds. The summed E-state index contributed by atoms with van der Waals surface area (Å²) in [6, 6.07) is 11.2. The van der Waals surface area contributed by atoms with Gasteiger partial charge in [0.05, 0.1) is 12.2 Å². The molecule has 0 spiro atoms. The maximum atomic E-state index is 12.8. The third-order valence-corrected chi connectivity index (χ3v) is 4.30. The predicted octanol–water partition coefficient (Wildman–Crippen LogP) is 5.17. The number of benzene rings is 2. The number of nitrogens with one attached hydrogen (secondary N) is 1. The van der Waals surface area contributed by atoms with Crippen LogP contribution in [0.5, 0.6) is 5.75 Å². The number of nitrogens with zero attached hydrogens (tertiary/aromatic N) is 1. The first-order valence-electron chi connectivity index (χ1n) is 8.09. The number of hydrogen-bond acceptors (Lipinski definition) is 2. The van der Waals surface area contributed by atoms with E-state index in [-0.39, 0.29) is 12.1 Å². The van der Waals surface area contributed by atoms with Gasteiger partial charge in [-0.05, 0) is 61.7 Å². The van der Waals surface area contributed by atoms with E-state index in [4.69, 9.17) is 16.3 Å². The molecule has 0 radical (unpaired) electrons. The topological polar surface area (TPSA) is 41.6 Å². The zero-order chi connectivity index (χ0) is 17.3. The summed E-state index contributed by atoms with van der Waals surface area (Å²) in [4.78, 5) is 14.5. The van der Waals surface area contributed by atoms with Crippen LogP contribution in [0.3, 0.4) is 0 Å². The molecule has 4 nitrogen and oxygen atoms in total. The number of hydrogen-bond donors (Lipinski definition) is 1. The minimum atomic E-state index is -0.176. The van der Waals surface area contributed by atoms with E-state index in [0.717, 1.165) is 23.2 Å². The minimum Gasteiger partial charge on any atom is -0.486 e. The molecule has 2 aromatic rings. The van der Waals surface area contributed by atoms with Crippen molar-refractivity contribution in [3.63, 3.8) is 0 Å². The van der Waals surface area contributed by atoms with Gasteiger partial charge in [-0.3, -0.25) is 4.90 Å². The Bertz CT molecular complexity index is 756. The number of aryl methyl sites for hydroxylation is 2. The summed E-state index contributed by atoms with van der Waals surface area (Å²) in [5.74, 6) is 0.688. The Morgan fingerprint density at radius 1 is 1.25 bits per heavy atom. The number of carbonyl (C=O) groups excluding carboxylic acids is 1. The van der Waals surface area contributed by atoms with Crippen LogP contribution < -0.4 is 15.0 Å². The third kappa shape index (κ3) is 3.49. The van der Waals surface area contributed by atoms with Crippen molar-refractivity contribution in [2.24, 2.45) is 0 Å². The summed E-state index contributed by atoms with van der Waals surface area (Å²) >= 11 is 6.10. The summed E-state index contributed by atoms with van der Waals surface area (Å²) in [6.45, 7) is 6.57. The normalized spacial score (nSPS) is 16.3. The molecule has 0 fully saturated rings. The summed E-state index contributed by atoms with van der Waals surface area (Å²) in [5.41, 5.74) is 3.72. The van der Waals surface area contributed by atoms with Crippen LogP contribution in [-0.4, -0.2) is 18.7 Å².